The van der Waals surface area contributed by atoms with Crippen LogP contribution in [0.15, 0.2) is 207 Å². The van der Waals surface area contributed by atoms with E-state index in [0.29, 0.717) is 17.5 Å². The monoisotopic (exact) mass is 718 g/mol. The molecule has 264 valence electrons. The van der Waals surface area contributed by atoms with Gasteiger partial charge in [-0.2, -0.15) is 0 Å². The molecule has 0 aliphatic heterocycles. The fraction of sp³-hybridized carbons (Fsp3) is 0. The Morgan fingerprint density at radius 2 is 0.839 bits per heavy atom. The Morgan fingerprint density at radius 3 is 1.48 bits per heavy atom. The molecule has 10 rings (SSSR count). The third-order valence-electron chi connectivity index (χ3n) is 10.1. The summed E-state index contributed by atoms with van der Waals surface area (Å²) in [7, 11) is 0. The third kappa shape index (κ3) is 6.15. The van der Waals surface area contributed by atoms with Crippen molar-refractivity contribution >= 4 is 38.9 Å². The second kappa shape index (κ2) is 14.3. The fourth-order valence-electron chi connectivity index (χ4n) is 7.45. The molecule has 3 aromatic heterocycles. The van der Waals surface area contributed by atoms with Gasteiger partial charge in [-0.3, -0.25) is 4.98 Å². The van der Waals surface area contributed by atoms with Gasteiger partial charge >= 0.3 is 0 Å². The lowest BCUT2D eigenvalue weighted by molar-refractivity contribution is 1.07. The summed E-state index contributed by atoms with van der Waals surface area (Å²) < 4.78 is 2.34. The van der Waals surface area contributed by atoms with Crippen LogP contribution >= 0.6 is 0 Å². The maximum absolute atomic E-state index is 5.01. The number of benzene rings is 7. The topological polar surface area (TPSA) is 59.7 Å². The number of nitrogens with zero attached hydrogens (tertiary/aromatic N) is 6. The lowest BCUT2D eigenvalue weighted by Crippen LogP contribution is -2.11. The molecule has 0 fully saturated rings. The normalized spacial score (nSPS) is 11.2. The molecule has 56 heavy (non-hydrogen) atoms. The first-order chi connectivity index (χ1) is 27.8. The first kappa shape index (κ1) is 32.9. The van der Waals surface area contributed by atoms with Gasteiger partial charge in [0.2, 0.25) is 0 Å². The smallest absolute Gasteiger partial charge is 0.165 e. The van der Waals surface area contributed by atoms with Crippen molar-refractivity contribution in [1.82, 2.24) is 24.5 Å². The van der Waals surface area contributed by atoms with Crippen molar-refractivity contribution in [3.05, 3.63) is 207 Å². The second-order valence-electron chi connectivity index (χ2n) is 13.6. The van der Waals surface area contributed by atoms with Crippen LogP contribution in [0.5, 0.6) is 0 Å². The molecule has 0 atom stereocenters. The fourth-order valence-corrected chi connectivity index (χ4v) is 7.45. The Labute approximate surface area is 324 Å². The van der Waals surface area contributed by atoms with E-state index in [0.717, 1.165) is 61.4 Å². The molecule has 10 aromatic rings. The SMILES string of the molecule is c1ccc(-c2ccc(N(c3cncc(-c4nc(-c5ccccc5)nc(-c5ccccc5)n4)c3)c3ccc4c(c3)c3ccccc3n4-c3ccccc3)cc2)cc1. The Hall–Kier alpha value is -7.70. The van der Waals surface area contributed by atoms with E-state index in [2.05, 4.69) is 137 Å². The average Bonchev–Trinajstić information content (AvgIpc) is 3.62. The van der Waals surface area contributed by atoms with Crippen molar-refractivity contribution in [1.29, 1.82) is 0 Å². The van der Waals surface area contributed by atoms with E-state index in [9.17, 15) is 0 Å². The van der Waals surface area contributed by atoms with Gasteiger partial charge in [-0.1, -0.05) is 140 Å². The van der Waals surface area contributed by atoms with Crippen molar-refractivity contribution in [2.45, 2.75) is 0 Å². The number of para-hydroxylation sites is 2. The number of aromatic nitrogens is 5. The number of fused-ring (bicyclic) bond motifs is 3. The van der Waals surface area contributed by atoms with E-state index in [4.69, 9.17) is 19.9 Å². The quantitative estimate of drug-likeness (QED) is 0.157. The molecular weight excluding hydrogens is 685 g/mol. The van der Waals surface area contributed by atoms with Crippen molar-refractivity contribution in [2.24, 2.45) is 0 Å². The highest BCUT2D eigenvalue weighted by atomic mass is 15.1. The minimum Gasteiger partial charge on any atom is -0.309 e. The summed E-state index contributed by atoms with van der Waals surface area (Å²) in [6, 6.07) is 67.2. The van der Waals surface area contributed by atoms with Crippen LogP contribution in [0.3, 0.4) is 0 Å². The first-order valence-electron chi connectivity index (χ1n) is 18.6. The van der Waals surface area contributed by atoms with Crippen LogP contribution < -0.4 is 4.90 Å². The predicted octanol–water partition coefficient (Wildman–Crippen LogP) is 12.5. The van der Waals surface area contributed by atoms with E-state index >= 15 is 0 Å². The number of hydrogen-bond acceptors (Lipinski definition) is 5. The summed E-state index contributed by atoms with van der Waals surface area (Å²) in [5.74, 6) is 1.76. The van der Waals surface area contributed by atoms with Gasteiger partial charge in [-0.05, 0) is 65.7 Å². The Morgan fingerprint density at radius 1 is 0.339 bits per heavy atom. The largest absolute Gasteiger partial charge is 0.309 e. The maximum atomic E-state index is 5.01. The van der Waals surface area contributed by atoms with Gasteiger partial charge in [0.05, 0.1) is 22.9 Å². The number of pyridine rings is 1. The van der Waals surface area contributed by atoms with E-state index in [1.807, 2.05) is 79.1 Å². The number of rotatable bonds is 8. The molecule has 0 N–H and O–H groups in total. The molecule has 0 spiro atoms. The molecule has 6 heteroatoms. The Bertz CT molecular complexity index is 2890. The number of hydrogen-bond donors (Lipinski definition) is 0. The summed E-state index contributed by atoms with van der Waals surface area (Å²) in [4.78, 5) is 22.0. The zero-order valence-electron chi connectivity index (χ0n) is 30.3. The Balaban J connectivity index is 1.15. The highest BCUT2D eigenvalue weighted by Gasteiger charge is 2.20. The number of anilines is 3. The second-order valence-corrected chi connectivity index (χ2v) is 13.6. The first-order valence-corrected chi connectivity index (χ1v) is 18.6. The van der Waals surface area contributed by atoms with Crippen LogP contribution in [0.1, 0.15) is 0 Å². The summed E-state index contributed by atoms with van der Waals surface area (Å²) in [6.07, 6.45) is 3.74. The molecule has 0 saturated heterocycles. The molecule has 3 heterocycles. The van der Waals surface area contributed by atoms with Crippen LogP contribution in [0, 0.1) is 0 Å². The summed E-state index contributed by atoms with van der Waals surface area (Å²) >= 11 is 0. The zero-order valence-corrected chi connectivity index (χ0v) is 30.3. The molecule has 0 radical (unpaired) electrons. The summed E-state index contributed by atoms with van der Waals surface area (Å²) in [6.45, 7) is 0. The molecule has 6 nitrogen and oxygen atoms in total. The minimum absolute atomic E-state index is 0.549. The van der Waals surface area contributed by atoms with E-state index in [1.54, 1.807) is 0 Å². The molecule has 0 aliphatic carbocycles. The van der Waals surface area contributed by atoms with Crippen LogP contribution in [0.25, 0.3) is 72.8 Å². The van der Waals surface area contributed by atoms with Crippen LogP contribution in [0.4, 0.5) is 17.1 Å². The van der Waals surface area contributed by atoms with Gasteiger partial charge in [0.25, 0.3) is 0 Å². The predicted molar refractivity (Wildman–Crippen MR) is 228 cm³/mol. The average molecular weight is 719 g/mol. The van der Waals surface area contributed by atoms with E-state index in [-0.39, 0.29) is 0 Å². The van der Waals surface area contributed by atoms with Crippen molar-refractivity contribution in [3.63, 3.8) is 0 Å². The van der Waals surface area contributed by atoms with Crippen molar-refractivity contribution < 1.29 is 0 Å². The zero-order chi connectivity index (χ0) is 37.3. The summed E-state index contributed by atoms with van der Waals surface area (Å²) in [5, 5.41) is 2.35. The van der Waals surface area contributed by atoms with Crippen LogP contribution in [-0.2, 0) is 0 Å². The summed E-state index contributed by atoms with van der Waals surface area (Å²) in [5.41, 5.74) is 11.2. The minimum atomic E-state index is 0.549. The van der Waals surface area contributed by atoms with Crippen LogP contribution in [-0.4, -0.2) is 24.5 Å². The van der Waals surface area contributed by atoms with Gasteiger partial charge < -0.3 is 9.47 Å². The molecule has 0 amide bonds. The van der Waals surface area contributed by atoms with Gasteiger partial charge in [-0.15, -0.1) is 0 Å². The molecule has 0 aliphatic rings. The lowest BCUT2D eigenvalue weighted by Gasteiger charge is -2.26. The van der Waals surface area contributed by atoms with Gasteiger partial charge in [0, 0.05) is 50.7 Å². The van der Waals surface area contributed by atoms with Gasteiger partial charge in [0.1, 0.15) is 0 Å². The molecule has 7 aromatic carbocycles. The van der Waals surface area contributed by atoms with Crippen LogP contribution in [0.2, 0.25) is 0 Å². The standard InChI is InChI=1S/C50H34N6/c1-5-15-35(16-6-1)36-25-27-41(28-26-36)55(42-29-30-47-45(32-42)44-23-13-14-24-46(44)56(47)40-21-11-4-12-22-40)43-31-39(33-51-34-43)50-53-48(37-17-7-2-8-18-37)52-49(54-50)38-19-9-3-10-20-38/h1-34H. The van der Waals surface area contributed by atoms with Crippen molar-refractivity contribution in [2.75, 3.05) is 4.90 Å². The maximum Gasteiger partial charge on any atom is 0.165 e. The Kier molecular flexibility index (Phi) is 8.39. The van der Waals surface area contributed by atoms with E-state index < -0.39 is 0 Å². The third-order valence-corrected chi connectivity index (χ3v) is 10.1. The molecule has 0 bridgehead atoms. The van der Waals surface area contributed by atoms with Gasteiger partial charge in [0.15, 0.2) is 17.5 Å². The highest BCUT2D eigenvalue weighted by molar-refractivity contribution is 6.10. The molecular formula is C50H34N6. The molecule has 0 unspecified atom stereocenters. The lowest BCUT2D eigenvalue weighted by atomic mass is 10.0. The highest BCUT2D eigenvalue weighted by Crippen LogP contribution is 2.41. The molecule has 0 saturated carbocycles. The van der Waals surface area contributed by atoms with Gasteiger partial charge in [-0.25, -0.2) is 15.0 Å². The van der Waals surface area contributed by atoms with E-state index in [1.165, 1.54) is 10.9 Å². The van der Waals surface area contributed by atoms with Crippen molar-refractivity contribution in [3.8, 4) is 51.0 Å².